The third kappa shape index (κ3) is 3.12. The minimum absolute atomic E-state index is 0.575. The maximum atomic E-state index is 5.95. The number of aromatic nitrogens is 2. The lowest BCUT2D eigenvalue weighted by molar-refractivity contribution is 0.0297. The molecule has 19 heavy (non-hydrogen) atoms. The highest BCUT2D eigenvalue weighted by atomic mass is 35.5. The van der Waals surface area contributed by atoms with Gasteiger partial charge in [0.25, 0.3) is 0 Å². The van der Waals surface area contributed by atoms with Crippen molar-refractivity contribution < 1.29 is 9.26 Å². The van der Waals surface area contributed by atoms with E-state index in [1.54, 1.807) is 0 Å². The van der Waals surface area contributed by atoms with Gasteiger partial charge in [0.05, 0.1) is 19.8 Å². The summed E-state index contributed by atoms with van der Waals surface area (Å²) in [6, 6.07) is 7.43. The Hall–Kier alpha value is -1.43. The van der Waals surface area contributed by atoms with Crippen LogP contribution >= 0.6 is 11.6 Å². The van der Waals surface area contributed by atoms with Gasteiger partial charge in [-0.1, -0.05) is 28.9 Å². The molecule has 1 aliphatic rings. The van der Waals surface area contributed by atoms with Crippen LogP contribution in [0.5, 0.6) is 0 Å². The fraction of sp³-hybridized carbons (Fsp3) is 0.385. The van der Waals surface area contributed by atoms with Gasteiger partial charge >= 0.3 is 0 Å². The minimum atomic E-state index is 0.575. The molecule has 1 fully saturated rings. The molecule has 0 radical (unpaired) electrons. The molecule has 0 atom stereocenters. The fourth-order valence-electron chi connectivity index (χ4n) is 2.01. The summed E-state index contributed by atoms with van der Waals surface area (Å²) in [5, 5.41) is 4.65. The summed E-state index contributed by atoms with van der Waals surface area (Å²) in [6.45, 7) is 3.98. The normalized spacial score (nSPS) is 16.7. The van der Waals surface area contributed by atoms with Crippen LogP contribution in [0.3, 0.4) is 0 Å². The molecule has 2 aromatic rings. The van der Waals surface area contributed by atoms with Gasteiger partial charge < -0.3 is 9.26 Å². The predicted molar refractivity (Wildman–Crippen MR) is 70.8 cm³/mol. The second-order valence-corrected chi connectivity index (χ2v) is 4.85. The van der Waals surface area contributed by atoms with Gasteiger partial charge in [0.1, 0.15) is 0 Å². The molecule has 0 saturated carbocycles. The highest BCUT2D eigenvalue weighted by Gasteiger charge is 2.15. The van der Waals surface area contributed by atoms with Crippen LogP contribution in [-0.2, 0) is 11.3 Å². The molecule has 0 spiro atoms. The molecule has 1 aromatic carbocycles. The van der Waals surface area contributed by atoms with Crippen molar-refractivity contribution in [3.63, 3.8) is 0 Å². The van der Waals surface area contributed by atoms with Crippen LogP contribution < -0.4 is 0 Å². The number of nitrogens with zero attached hydrogens (tertiary/aromatic N) is 3. The first-order chi connectivity index (χ1) is 9.31. The maximum absolute atomic E-state index is 5.95. The molecule has 1 aliphatic heterocycles. The van der Waals surface area contributed by atoms with E-state index in [2.05, 4.69) is 15.0 Å². The van der Waals surface area contributed by atoms with Crippen molar-refractivity contribution in [2.45, 2.75) is 6.54 Å². The van der Waals surface area contributed by atoms with Crippen molar-refractivity contribution in [1.29, 1.82) is 0 Å². The highest BCUT2D eigenvalue weighted by molar-refractivity contribution is 6.30. The lowest BCUT2D eigenvalue weighted by Crippen LogP contribution is -2.35. The van der Waals surface area contributed by atoms with Gasteiger partial charge in [0.2, 0.25) is 11.7 Å². The molecule has 100 valence electrons. The van der Waals surface area contributed by atoms with E-state index < -0.39 is 0 Å². The number of benzene rings is 1. The molecule has 0 bridgehead atoms. The van der Waals surface area contributed by atoms with Crippen LogP contribution in [0.1, 0.15) is 5.89 Å². The molecule has 0 unspecified atom stereocenters. The molecule has 6 heteroatoms. The molecule has 0 N–H and O–H groups in total. The molecule has 5 nitrogen and oxygen atoms in total. The smallest absolute Gasteiger partial charge is 0.241 e. The van der Waals surface area contributed by atoms with Gasteiger partial charge in [-0.05, 0) is 12.1 Å². The molecule has 0 amide bonds. The second-order valence-electron chi connectivity index (χ2n) is 4.41. The summed E-state index contributed by atoms with van der Waals surface area (Å²) in [5.41, 5.74) is 0.865. The lowest BCUT2D eigenvalue weighted by Gasteiger charge is -2.24. The summed E-state index contributed by atoms with van der Waals surface area (Å²) < 4.78 is 10.6. The molecule has 1 aromatic heterocycles. The molecular weight excluding hydrogens is 266 g/mol. The van der Waals surface area contributed by atoms with Crippen LogP contribution in [0.25, 0.3) is 11.4 Å². The Kier molecular flexibility index (Phi) is 3.77. The Bertz CT molecular complexity index is 552. The summed E-state index contributed by atoms with van der Waals surface area (Å²) in [4.78, 5) is 6.63. The summed E-state index contributed by atoms with van der Waals surface area (Å²) in [7, 11) is 0. The predicted octanol–water partition coefficient (Wildman–Crippen LogP) is 2.22. The van der Waals surface area contributed by atoms with Crippen molar-refractivity contribution in [2.75, 3.05) is 26.3 Å². The Morgan fingerprint density at radius 3 is 2.89 bits per heavy atom. The zero-order valence-electron chi connectivity index (χ0n) is 10.4. The Balaban J connectivity index is 1.72. The average molecular weight is 280 g/mol. The first kappa shape index (κ1) is 12.6. The van der Waals surface area contributed by atoms with Gasteiger partial charge in [-0.25, -0.2) is 0 Å². The molecule has 0 aliphatic carbocycles. The van der Waals surface area contributed by atoms with E-state index in [0.717, 1.165) is 31.9 Å². The van der Waals surface area contributed by atoms with Crippen LogP contribution in [0.2, 0.25) is 5.02 Å². The second kappa shape index (κ2) is 5.69. The van der Waals surface area contributed by atoms with E-state index in [-0.39, 0.29) is 0 Å². The maximum Gasteiger partial charge on any atom is 0.241 e. The number of rotatable bonds is 3. The first-order valence-electron chi connectivity index (χ1n) is 6.20. The van der Waals surface area contributed by atoms with Crippen LogP contribution in [-0.4, -0.2) is 41.3 Å². The Morgan fingerprint density at radius 2 is 2.11 bits per heavy atom. The van der Waals surface area contributed by atoms with E-state index in [1.165, 1.54) is 0 Å². The topological polar surface area (TPSA) is 51.4 Å². The fourth-order valence-corrected chi connectivity index (χ4v) is 2.20. The number of hydrogen-bond acceptors (Lipinski definition) is 5. The third-order valence-corrected chi connectivity index (χ3v) is 3.25. The van der Waals surface area contributed by atoms with E-state index in [4.69, 9.17) is 20.9 Å². The van der Waals surface area contributed by atoms with Crippen LogP contribution in [0, 0.1) is 0 Å². The largest absolute Gasteiger partial charge is 0.379 e. The lowest BCUT2D eigenvalue weighted by atomic mass is 10.2. The minimum Gasteiger partial charge on any atom is -0.379 e. The third-order valence-electron chi connectivity index (χ3n) is 3.01. The quantitative estimate of drug-likeness (QED) is 0.862. The standard InChI is InChI=1S/C13H14ClN3O2/c14-11-3-1-2-10(8-11)13-15-12(19-16-13)9-17-4-6-18-7-5-17/h1-3,8H,4-7,9H2. The zero-order chi connectivity index (χ0) is 13.1. The van der Waals surface area contributed by atoms with Crippen molar-refractivity contribution in [3.8, 4) is 11.4 Å². The van der Waals surface area contributed by atoms with E-state index in [1.807, 2.05) is 24.3 Å². The van der Waals surface area contributed by atoms with Gasteiger partial charge in [-0.2, -0.15) is 4.98 Å². The van der Waals surface area contributed by atoms with Crippen molar-refractivity contribution in [3.05, 3.63) is 35.2 Å². The molecular formula is C13H14ClN3O2. The summed E-state index contributed by atoms with van der Waals surface area (Å²) in [5.74, 6) is 1.20. The Labute approximate surface area is 116 Å². The molecule has 3 rings (SSSR count). The van der Waals surface area contributed by atoms with Crippen LogP contribution in [0.15, 0.2) is 28.8 Å². The van der Waals surface area contributed by atoms with E-state index in [9.17, 15) is 0 Å². The van der Waals surface area contributed by atoms with E-state index in [0.29, 0.717) is 23.3 Å². The van der Waals surface area contributed by atoms with E-state index >= 15 is 0 Å². The van der Waals surface area contributed by atoms with Gasteiger partial charge in [0, 0.05) is 23.7 Å². The SMILES string of the molecule is Clc1cccc(-c2noc(CN3CCOCC3)n2)c1. The summed E-state index contributed by atoms with van der Waals surface area (Å²) >= 11 is 5.95. The van der Waals surface area contributed by atoms with Crippen LogP contribution in [0.4, 0.5) is 0 Å². The molecule has 1 saturated heterocycles. The number of hydrogen-bond donors (Lipinski definition) is 0. The Morgan fingerprint density at radius 1 is 1.26 bits per heavy atom. The number of ether oxygens (including phenoxy) is 1. The number of halogens is 1. The summed E-state index contributed by atoms with van der Waals surface area (Å²) in [6.07, 6.45) is 0. The van der Waals surface area contributed by atoms with Crippen molar-refractivity contribution >= 4 is 11.6 Å². The average Bonchev–Trinajstić information content (AvgIpc) is 2.88. The highest BCUT2D eigenvalue weighted by Crippen LogP contribution is 2.20. The van der Waals surface area contributed by atoms with Gasteiger partial charge in [-0.15, -0.1) is 0 Å². The molecule has 2 heterocycles. The van der Waals surface area contributed by atoms with Crippen molar-refractivity contribution in [1.82, 2.24) is 15.0 Å². The van der Waals surface area contributed by atoms with Gasteiger partial charge in [-0.3, -0.25) is 4.90 Å². The van der Waals surface area contributed by atoms with Gasteiger partial charge in [0.15, 0.2) is 0 Å². The monoisotopic (exact) mass is 279 g/mol. The van der Waals surface area contributed by atoms with Crippen molar-refractivity contribution in [2.24, 2.45) is 0 Å². The first-order valence-corrected chi connectivity index (χ1v) is 6.58. The zero-order valence-corrected chi connectivity index (χ0v) is 11.1. The number of morpholine rings is 1.